The molecule has 0 saturated heterocycles. The van der Waals surface area contributed by atoms with Gasteiger partial charge in [0.05, 0.1) is 0 Å². The lowest BCUT2D eigenvalue weighted by Crippen LogP contribution is -2.32. The van der Waals surface area contributed by atoms with Gasteiger partial charge >= 0.3 is 0 Å². The van der Waals surface area contributed by atoms with E-state index in [2.05, 4.69) is 43.3 Å². The van der Waals surface area contributed by atoms with Crippen LogP contribution in [0.2, 0.25) is 0 Å². The van der Waals surface area contributed by atoms with Crippen LogP contribution in [0.25, 0.3) is 6.08 Å². The number of nitrogen functional groups attached to an aromatic ring is 1. The zero-order valence-electron chi connectivity index (χ0n) is 11.7. The van der Waals surface area contributed by atoms with Gasteiger partial charge in [0.1, 0.15) is 11.4 Å². The second-order valence-electron chi connectivity index (χ2n) is 5.53. The zero-order chi connectivity index (χ0) is 14.0. The normalized spacial score (nSPS) is 20.2. The minimum atomic E-state index is -0.251. The predicted octanol–water partition coefficient (Wildman–Crippen LogP) is 4.07. The van der Waals surface area contributed by atoms with Gasteiger partial charge in [-0.15, -0.1) is 0 Å². The van der Waals surface area contributed by atoms with Crippen molar-refractivity contribution in [3.8, 4) is 5.75 Å². The Hall–Kier alpha value is -2.22. The molecule has 0 spiro atoms. The van der Waals surface area contributed by atoms with Crippen molar-refractivity contribution < 1.29 is 4.74 Å². The van der Waals surface area contributed by atoms with E-state index in [0.29, 0.717) is 0 Å². The SMILES string of the molecule is CC1(CCc2ccccc2)C=Cc2cc(N)ccc2O1. The van der Waals surface area contributed by atoms with Crippen LogP contribution >= 0.6 is 0 Å². The highest BCUT2D eigenvalue weighted by molar-refractivity contribution is 5.65. The van der Waals surface area contributed by atoms with Gasteiger partial charge in [0, 0.05) is 11.3 Å². The quantitative estimate of drug-likeness (QED) is 0.849. The smallest absolute Gasteiger partial charge is 0.127 e. The molecule has 3 rings (SSSR count). The fourth-order valence-corrected chi connectivity index (χ4v) is 2.51. The number of benzene rings is 2. The molecule has 2 N–H and O–H groups in total. The standard InChI is InChI=1S/C18H19NO/c1-18(11-9-14-5-3-2-4-6-14)12-10-15-13-16(19)7-8-17(15)20-18/h2-8,10,12-13H,9,11,19H2,1H3. The molecule has 0 aliphatic carbocycles. The molecule has 0 fully saturated rings. The van der Waals surface area contributed by atoms with Crippen molar-refractivity contribution >= 4 is 11.8 Å². The highest BCUT2D eigenvalue weighted by Gasteiger charge is 2.27. The summed E-state index contributed by atoms with van der Waals surface area (Å²) in [6, 6.07) is 16.3. The number of nitrogens with two attached hydrogens (primary N) is 1. The van der Waals surface area contributed by atoms with Crippen molar-refractivity contribution in [3.05, 3.63) is 65.7 Å². The van der Waals surface area contributed by atoms with Gasteiger partial charge < -0.3 is 10.5 Å². The Labute approximate surface area is 119 Å². The second-order valence-corrected chi connectivity index (χ2v) is 5.53. The number of rotatable bonds is 3. The van der Waals surface area contributed by atoms with Crippen LogP contribution in [0.1, 0.15) is 24.5 Å². The summed E-state index contributed by atoms with van der Waals surface area (Å²) in [6.45, 7) is 2.13. The van der Waals surface area contributed by atoms with Gasteiger partial charge in [0.2, 0.25) is 0 Å². The van der Waals surface area contributed by atoms with Crippen LogP contribution in [0.15, 0.2) is 54.6 Å². The van der Waals surface area contributed by atoms with E-state index >= 15 is 0 Å². The molecule has 1 aliphatic rings. The molecule has 0 amide bonds. The first-order chi connectivity index (χ1) is 9.65. The molecule has 2 aromatic carbocycles. The van der Waals surface area contributed by atoms with Crippen LogP contribution in [0.5, 0.6) is 5.75 Å². The van der Waals surface area contributed by atoms with Gasteiger partial charge in [0.15, 0.2) is 0 Å². The van der Waals surface area contributed by atoms with E-state index in [4.69, 9.17) is 10.5 Å². The number of anilines is 1. The maximum atomic E-state index is 6.15. The van der Waals surface area contributed by atoms with Crippen LogP contribution in [0.4, 0.5) is 5.69 Å². The number of hydrogen-bond acceptors (Lipinski definition) is 2. The molecule has 0 saturated carbocycles. The molecular formula is C18H19NO. The van der Waals surface area contributed by atoms with Crippen LogP contribution in [-0.4, -0.2) is 5.60 Å². The summed E-state index contributed by atoms with van der Waals surface area (Å²) in [6.07, 6.45) is 6.21. The highest BCUT2D eigenvalue weighted by atomic mass is 16.5. The third-order valence-electron chi connectivity index (χ3n) is 3.75. The van der Waals surface area contributed by atoms with E-state index in [0.717, 1.165) is 29.8 Å². The van der Waals surface area contributed by atoms with Crippen molar-refractivity contribution in [2.24, 2.45) is 0 Å². The minimum absolute atomic E-state index is 0.251. The van der Waals surface area contributed by atoms with Gasteiger partial charge in [-0.2, -0.15) is 0 Å². The lowest BCUT2D eigenvalue weighted by atomic mass is 9.93. The predicted molar refractivity (Wildman–Crippen MR) is 83.7 cm³/mol. The second kappa shape index (κ2) is 5.04. The molecule has 0 aromatic heterocycles. The van der Waals surface area contributed by atoms with E-state index in [-0.39, 0.29) is 5.60 Å². The zero-order valence-corrected chi connectivity index (χ0v) is 11.7. The van der Waals surface area contributed by atoms with Crippen molar-refractivity contribution in [1.29, 1.82) is 0 Å². The fourth-order valence-electron chi connectivity index (χ4n) is 2.51. The number of aryl methyl sites for hydroxylation is 1. The van der Waals surface area contributed by atoms with E-state index in [9.17, 15) is 0 Å². The Kier molecular flexibility index (Phi) is 3.23. The maximum absolute atomic E-state index is 6.15. The summed E-state index contributed by atoms with van der Waals surface area (Å²) in [4.78, 5) is 0. The first-order valence-electron chi connectivity index (χ1n) is 6.96. The summed E-state index contributed by atoms with van der Waals surface area (Å²) in [7, 11) is 0. The number of ether oxygens (including phenoxy) is 1. The Morgan fingerprint density at radius 2 is 1.90 bits per heavy atom. The molecule has 0 bridgehead atoms. The van der Waals surface area contributed by atoms with Crippen LogP contribution < -0.4 is 10.5 Å². The van der Waals surface area contributed by atoms with Crippen LogP contribution in [0.3, 0.4) is 0 Å². The third kappa shape index (κ3) is 2.69. The van der Waals surface area contributed by atoms with Crippen molar-refractivity contribution in [2.45, 2.75) is 25.4 Å². The number of hydrogen-bond donors (Lipinski definition) is 1. The fraction of sp³-hybridized carbons (Fsp3) is 0.222. The molecule has 1 heterocycles. The Morgan fingerprint density at radius 1 is 1.10 bits per heavy atom. The average molecular weight is 265 g/mol. The minimum Gasteiger partial charge on any atom is -0.483 e. The topological polar surface area (TPSA) is 35.2 Å². The van der Waals surface area contributed by atoms with Gasteiger partial charge in [0.25, 0.3) is 0 Å². The molecule has 1 aliphatic heterocycles. The Balaban J connectivity index is 1.74. The van der Waals surface area contributed by atoms with Gasteiger partial charge in [-0.25, -0.2) is 0 Å². The summed E-state index contributed by atoms with van der Waals surface area (Å²) in [5.74, 6) is 0.914. The van der Waals surface area contributed by atoms with Gasteiger partial charge in [-0.05, 0) is 49.6 Å². The maximum Gasteiger partial charge on any atom is 0.127 e. The summed E-state index contributed by atoms with van der Waals surface area (Å²) < 4.78 is 6.15. The highest BCUT2D eigenvalue weighted by Crippen LogP contribution is 2.34. The van der Waals surface area contributed by atoms with E-state index in [1.807, 2.05) is 24.3 Å². The largest absolute Gasteiger partial charge is 0.483 e. The molecule has 1 atom stereocenters. The van der Waals surface area contributed by atoms with E-state index in [1.165, 1.54) is 5.56 Å². The molecule has 2 heteroatoms. The first-order valence-corrected chi connectivity index (χ1v) is 6.96. The Morgan fingerprint density at radius 3 is 2.70 bits per heavy atom. The van der Waals surface area contributed by atoms with E-state index in [1.54, 1.807) is 0 Å². The average Bonchev–Trinajstić information content (AvgIpc) is 2.47. The lowest BCUT2D eigenvalue weighted by Gasteiger charge is -2.32. The first kappa shape index (κ1) is 12.8. The summed E-state index contributed by atoms with van der Waals surface area (Å²) in [5.41, 5.74) is 8.71. The molecule has 20 heavy (non-hydrogen) atoms. The monoisotopic (exact) mass is 265 g/mol. The molecule has 2 aromatic rings. The third-order valence-corrected chi connectivity index (χ3v) is 3.75. The van der Waals surface area contributed by atoms with Crippen LogP contribution in [-0.2, 0) is 6.42 Å². The number of fused-ring (bicyclic) bond motifs is 1. The van der Waals surface area contributed by atoms with Crippen LogP contribution in [0, 0.1) is 0 Å². The van der Waals surface area contributed by atoms with Crippen molar-refractivity contribution in [2.75, 3.05) is 5.73 Å². The van der Waals surface area contributed by atoms with Crippen molar-refractivity contribution in [3.63, 3.8) is 0 Å². The molecular weight excluding hydrogens is 246 g/mol. The summed E-state index contributed by atoms with van der Waals surface area (Å²) in [5, 5.41) is 0. The Bertz CT molecular complexity index is 633. The van der Waals surface area contributed by atoms with Gasteiger partial charge in [-0.1, -0.05) is 36.4 Å². The lowest BCUT2D eigenvalue weighted by molar-refractivity contribution is 0.128. The van der Waals surface area contributed by atoms with Gasteiger partial charge in [-0.3, -0.25) is 0 Å². The molecule has 1 unspecified atom stereocenters. The van der Waals surface area contributed by atoms with Crippen molar-refractivity contribution in [1.82, 2.24) is 0 Å². The van der Waals surface area contributed by atoms with E-state index < -0.39 is 0 Å². The molecule has 102 valence electrons. The summed E-state index contributed by atoms with van der Waals surface area (Å²) >= 11 is 0. The molecule has 2 nitrogen and oxygen atoms in total. The molecule has 0 radical (unpaired) electrons.